The van der Waals surface area contributed by atoms with Crippen molar-refractivity contribution in [2.75, 3.05) is 5.73 Å². The molecule has 1 fully saturated rings. The number of H-pyrrole nitrogens is 1. The van der Waals surface area contributed by atoms with Crippen molar-refractivity contribution in [3.8, 4) is 0 Å². The molecule has 1 aliphatic heterocycles. The largest absolute Gasteiger partial charge is 0.395 e. The topological polar surface area (TPSA) is 75.0 Å². The molecule has 2 atom stereocenters. The highest BCUT2D eigenvalue weighted by Crippen LogP contribution is 2.26. The van der Waals surface area contributed by atoms with E-state index in [4.69, 9.17) is 5.73 Å². The number of carbonyl (C=O) groups is 1. The molecule has 2 unspecified atom stereocenters. The number of nitrogen functional groups attached to an aromatic ring is 1. The van der Waals surface area contributed by atoms with Crippen LogP contribution < -0.4 is 5.73 Å². The number of nitrogens with one attached hydrogen (secondary N) is 1. The normalized spacial score (nSPS) is 25.0. The van der Waals surface area contributed by atoms with E-state index >= 15 is 0 Å². The molecule has 1 saturated heterocycles. The van der Waals surface area contributed by atoms with Crippen LogP contribution in [0.3, 0.4) is 0 Å². The molecule has 0 saturated carbocycles. The number of nitrogens with zero attached hydrogens (tertiary/aromatic N) is 2. The molecule has 1 aliphatic rings. The molecule has 94 valence electrons. The summed E-state index contributed by atoms with van der Waals surface area (Å²) >= 11 is 0. The van der Waals surface area contributed by atoms with Crippen LogP contribution in [0.25, 0.3) is 0 Å². The lowest BCUT2D eigenvalue weighted by Crippen LogP contribution is -2.47. The number of hydrogen-bond donors (Lipinski definition) is 2. The van der Waals surface area contributed by atoms with Gasteiger partial charge < -0.3 is 10.6 Å². The van der Waals surface area contributed by atoms with Crippen LogP contribution in [0.4, 0.5) is 5.69 Å². The molecule has 0 aliphatic carbocycles. The van der Waals surface area contributed by atoms with Crippen LogP contribution >= 0.6 is 0 Å². The fourth-order valence-corrected chi connectivity index (χ4v) is 2.54. The van der Waals surface area contributed by atoms with Crippen molar-refractivity contribution < 1.29 is 4.79 Å². The number of rotatable bonds is 1. The Balaban J connectivity index is 2.27. The molecule has 3 N–H and O–H groups in total. The second-order valence-electron chi connectivity index (χ2n) is 4.95. The fraction of sp³-hybridized carbons (Fsp3) is 0.667. The maximum Gasteiger partial charge on any atom is 0.276 e. The van der Waals surface area contributed by atoms with Crippen molar-refractivity contribution in [1.29, 1.82) is 0 Å². The minimum atomic E-state index is -0.0495. The molecule has 2 rings (SSSR count). The lowest BCUT2D eigenvalue weighted by atomic mass is 9.97. The van der Waals surface area contributed by atoms with E-state index in [0.29, 0.717) is 11.4 Å². The lowest BCUT2D eigenvalue weighted by Gasteiger charge is -2.38. The van der Waals surface area contributed by atoms with Crippen LogP contribution in [-0.4, -0.2) is 33.1 Å². The van der Waals surface area contributed by atoms with Crippen LogP contribution in [-0.2, 0) is 0 Å². The van der Waals surface area contributed by atoms with E-state index < -0.39 is 0 Å². The number of carbonyl (C=O) groups excluding carboxylic acids is 1. The summed E-state index contributed by atoms with van der Waals surface area (Å²) in [5, 5.41) is 6.78. The molecule has 2 heterocycles. The second kappa shape index (κ2) is 4.39. The minimum Gasteiger partial charge on any atom is -0.395 e. The first kappa shape index (κ1) is 12.0. The van der Waals surface area contributed by atoms with E-state index in [0.717, 1.165) is 18.5 Å². The molecule has 17 heavy (non-hydrogen) atoms. The predicted octanol–water partition coefficient (Wildman–Crippen LogP) is 1.70. The molecule has 1 aromatic heterocycles. The van der Waals surface area contributed by atoms with Gasteiger partial charge >= 0.3 is 0 Å². The van der Waals surface area contributed by atoms with Gasteiger partial charge in [0.05, 0.1) is 11.4 Å². The smallest absolute Gasteiger partial charge is 0.276 e. The van der Waals surface area contributed by atoms with Gasteiger partial charge in [-0.05, 0) is 40.0 Å². The summed E-state index contributed by atoms with van der Waals surface area (Å²) in [7, 11) is 0. The quantitative estimate of drug-likeness (QED) is 0.779. The number of amides is 1. The van der Waals surface area contributed by atoms with Crippen LogP contribution in [0, 0.1) is 6.92 Å². The van der Waals surface area contributed by atoms with Gasteiger partial charge in [0.15, 0.2) is 5.69 Å². The Hall–Kier alpha value is -1.52. The van der Waals surface area contributed by atoms with Crippen molar-refractivity contribution in [3.05, 3.63) is 11.4 Å². The van der Waals surface area contributed by atoms with Crippen molar-refractivity contribution in [2.45, 2.75) is 52.1 Å². The van der Waals surface area contributed by atoms with Crippen LogP contribution in [0.5, 0.6) is 0 Å². The van der Waals surface area contributed by atoms with Gasteiger partial charge in [0.25, 0.3) is 5.91 Å². The third-order valence-electron chi connectivity index (χ3n) is 3.63. The molecule has 1 amide bonds. The van der Waals surface area contributed by atoms with Crippen LogP contribution in [0.15, 0.2) is 0 Å². The van der Waals surface area contributed by atoms with E-state index in [9.17, 15) is 4.79 Å². The fourth-order valence-electron chi connectivity index (χ4n) is 2.54. The predicted molar refractivity (Wildman–Crippen MR) is 66.7 cm³/mol. The molecule has 0 bridgehead atoms. The monoisotopic (exact) mass is 236 g/mol. The zero-order valence-electron chi connectivity index (χ0n) is 10.7. The van der Waals surface area contributed by atoms with E-state index in [-0.39, 0.29) is 18.0 Å². The zero-order valence-corrected chi connectivity index (χ0v) is 10.7. The highest BCUT2D eigenvalue weighted by molar-refractivity contribution is 5.98. The number of aryl methyl sites for hydroxylation is 1. The van der Waals surface area contributed by atoms with Crippen molar-refractivity contribution >= 4 is 11.6 Å². The van der Waals surface area contributed by atoms with E-state index in [1.54, 1.807) is 0 Å². The number of likely N-dealkylation sites (tertiary alicyclic amines) is 1. The van der Waals surface area contributed by atoms with Gasteiger partial charge in [-0.2, -0.15) is 5.10 Å². The summed E-state index contributed by atoms with van der Waals surface area (Å²) in [4.78, 5) is 14.3. The van der Waals surface area contributed by atoms with E-state index in [1.807, 2.05) is 11.8 Å². The molecule has 5 heteroatoms. The number of nitrogens with two attached hydrogens (primary N) is 1. The first-order chi connectivity index (χ1) is 8.02. The number of aromatic amines is 1. The Bertz CT molecular complexity index is 416. The van der Waals surface area contributed by atoms with Crippen molar-refractivity contribution in [1.82, 2.24) is 15.1 Å². The zero-order chi connectivity index (χ0) is 12.6. The molecular formula is C12H20N4O. The standard InChI is InChI=1S/C12H20N4O/c1-7-5-4-6-8(2)16(7)12(17)11-10(13)9(3)14-15-11/h7-8H,4-6,13H2,1-3H3,(H,14,15). The van der Waals surface area contributed by atoms with E-state index in [1.165, 1.54) is 6.42 Å². The summed E-state index contributed by atoms with van der Waals surface area (Å²) < 4.78 is 0. The Morgan fingerprint density at radius 1 is 1.41 bits per heavy atom. The molecule has 0 aromatic carbocycles. The molecule has 0 spiro atoms. The third kappa shape index (κ3) is 2.01. The average molecular weight is 236 g/mol. The van der Waals surface area contributed by atoms with E-state index in [2.05, 4.69) is 24.0 Å². The average Bonchev–Trinajstić information content (AvgIpc) is 2.59. The highest BCUT2D eigenvalue weighted by Gasteiger charge is 2.32. The van der Waals surface area contributed by atoms with Gasteiger partial charge in [0.2, 0.25) is 0 Å². The molecular weight excluding hydrogens is 216 g/mol. The van der Waals surface area contributed by atoms with Gasteiger partial charge in [-0.1, -0.05) is 0 Å². The Kier molecular flexibility index (Phi) is 3.09. The van der Waals surface area contributed by atoms with Crippen LogP contribution in [0.1, 0.15) is 49.3 Å². The van der Waals surface area contributed by atoms with Gasteiger partial charge in [-0.25, -0.2) is 0 Å². The maximum atomic E-state index is 12.4. The van der Waals surface area contributed by atoms with Gasteiger partial charge in [-0.3, -0.25) is 9.89 Å². The van der Waals surface area contributed by atoms with Crippen molar-refractivity contribution in [2.24, 2.45) is 0 Å². The van der Waals surface area contributed by atoms with Gasteiger partial charge in [0.1, 0.15) is 0 Å². The van der Waals surface area contributed by atoms with Crippen molar-refractivity contribution in [3.63, 3.8) is 0 Å². The molecule has 0 radical (unpaired) electrons. The maximum absolute atomic E-state index is 12.4. The number of hydrogen-bond acceptors (Lipinski definition) is 3. The summed E-state index contributed by atoms with van der Waals surface area (Å²) in [6, 6.07) is 0.533. The second-order valence-corrected chi connectivity index (χ2v) is 4.95. The Labute approximate surface area is 101 Å². The summed E-state index contributed by atoms with van der Waals surface area (Å²) in [6.45, 7) is 5.99. The third-order valence-corrected chi connectivity index (χ3v) is 3.63. The SMILES string of the molecule is Cc1[nH]nc(C(=O)N2C(C)CCCC2C)c1N. The number of piperidine rings is 1. The van der Waals surface area contributed by atoms with Gasteiger partial charge in [0, 0.05) is 12.1 Å². The summed E-state index contributed by atoms with van der Waals surface area (Å²) in [6.07, 6.45) is 3.29. The lowest BCUT2D eigenvalue weighted by molar-refractivity contribution is 0.0505. The Morgan fingerprint density at radius 3 is 2.47 bits per heavy atom. The first-order valence-electron chi connectivity index (χ1n) is 6.15. The summed E-state index contributed by atoms with van der Waals surface area (Å²) in [5.74, 6) is -0.0495. The number of aromatic nitrogens is 2. The Morgan fingerprint density at radius 2 is 2.00 bits per heavy atom. The first-order valence-corrected chi connectivity index (χ1v) is 6.15. The molecule has 1 aromatic rings. The van der Waals surface area contributed by atoms with Gasteiger partial charge in [-0.15, -0.1) is 0 Å². The molecule has 5 nitrogen and oxygen atoms in total. The summed E-state index contributed by atoms with van der Waals surface area (Å²) in [5.41, 5.74) is 7.45. The van der Waals surface area contributed by atoms with Crippen LogP contribution in [0.2, 0.25) is 0 Å². The highest BCUT2D eigenvalue weighted by atomic mass is 16.2. The minimum absolute atomic E-state index is 0.0495. The number of anilines is 1.